The third kappa shape index (κ3) is 11.3. The Morgan fingerprint density at radius 3 is 1.77 bits per heavy atom. The average Bonchev–Trinajstić information content (AvgIpc) is 4.05. The lowest BCUT2D eigenvalue weighted by Gasteiger charge is -2.04. The number of hydrogen-bond acceptors (Lipinski definition) is 10. The molecule has 292 valence electrons. The SMILES string of the molecule is O=C(O)c1ccoc1.O=C(c1ccoc1)n1nc(-c2ccc(Br)c(=O)[nH]2)cc1CCc1ccc(Cl)s1.O=c1[nH]c(-c2cc(CCc3ccc(Cl)s3)[nH]n2)ccc1Br. The Kier molecular flexibility index (Phi) is 14.2. The first-order valence-electron chi connectivity index (χ1n) is 16.7. The van der Waals surface area contributed by atoms with Gasteiger partial charge in [-0.05, 0) is 130 Å². The number of hydrogen-bond donors (Lipinski definition) is 4. The quantitative estimate of drug-likeness (QED) is 0.103. The highest BCUT2D eigenvalue weighted by atomic mass is 79.9. The van der Waals surface area contributed by atoms with Crippen molar-refractivity contribution in [3.8, 4) is 22.8 Å². The zero-order chi connectivity index (χ0) is 40.5. The predicted molar refractivity (Wildman–Crippen MR) is 226 cm³/mol. The monoisotopic (exact) mass is 972 g/mol. The molecule has 0 amide bonds. The number of carbonyl (C=O) groups is 2. The van der Waals surface area contributed by atoms with Crippen LogP contribution in [0.5, 0.6) is 0 Å². The van der Waals surface area contributed by atoms with Gasteiger partial charge in [-0.3, -0.25) is 19.5 Å². The molecule has 0 fully saturated rings. The summed E-state index contributed by atoms with van der Waals surface area (Å²) in [4.78, 5) is 54.2. The van der Waals surface area contributed by atoms with Crippen LogP contribution in [0.4, 0.5) is 0 Å². The first-order chi connectivity index (χ1) is 27.4. The summed E-state index contributed by atoms with van der Waals surface area (Å²) in [6.07, 6.45) is 8.41. The van der Waals surface area contributed by atoms with Crippen LogP contribution in [0.1, 0.15) is 41.9 Å². The van der Waals surface area contributed by atoms with Crippen LogP contribution in [0.25, 0.3) is 22.8 Å². The van der Waals surface area contributed by atoms with E-state index in [1.165, 1.54) is 52.0 Å². The molecule has 0 aliphatic carbocycles. The van der Waals surface area contributed by atoms with E-state index in [0.29, 0.717) is 38.0 Å². The number of furan rings is 2. The van der Waals surface area contributed by atoms with Crippen LogP contribution in [0.2, 0.25) is 8.67 Å². The van der Waals surface area contributed by atoms with E-state index in [0.717, 1.165) is 49.9 Å². The Morgan fingerprint density at radius 2 is 1.28 bits per heavy atom. The fourth-order valence-electron chi connectivity index (χ4n) is 5.12. The van der Waals surface area contributed by atoms with Gasteiger partial charge in [-0.2, -0.15) is 14.9 Å². The molecule has 8 rings (SSSR count). The Labute approximate surface area is 357 Å². The van der Waals surface area contributed by atoms with Gasteiger partial charge >= 0.3 is 5.97 Å². The second-order valence-corrected chi connectivity index (χ2v) is 17.2. The summed E-state index contributed by atoms with van der Waals surface area (Å²) in [6, 6.07) is 21.5. The van der Waals surface area contributed by atoms with Gasteiger partial charge in [0.1, 0.15) is 23.9 Å². The predicted octanol–water partition coefficient (Wildman–Crippen LogP) is 9.79. The number of aromatic amines is 3. The number of pyridine rings is 2. The highest BCUT2D eigenvalue weighted by Gasteiger charge is 2.19. The van der Waals surface area contributed by atoms with E-state index in [1.807, 2.05) is 42.5 Å². The molecule has 0 spiro atoms. The molecule has 0 bridgehead atoms. The zero-order valence-electron chi connectivity index (χ0n) is 29.1. The van der Waals surface area contributed by atoms with Crippen molar-refractivity contribution in [2.45, 2.75) is 25.7 Å². The first-order valence-corrected chi connectivity index (χ1v) is 20.6. The number of nitrogens with zero attached hydrogens (tertiary/aromatic N) is 3. The molecule has 0 aliphatic rings. The first kappa shape index (κ1) is 41.6. The number of aryl methyl sites for hydroxylation is 4. The molecule has 19 heteroatoms. The minimum atomic E-state index is -0.959. The molecule has 13 nitrogen and oxygen atoms in total. The molecule has 0 aromatic carbocycles. The maximum absolute atomic E-state index is 12.9. The minimum absolute atomic E-state index is 0.162. The van der Waals surface area contributed by atoms with Crippen molar-refractivity contribution in [3.05, 3.63) is 168 Å². The lowest BCUT2D eigenvalue weighted by atomic mass is 10.2. The van der Waals surface area contributed by atoms with E-state index >= 15 is 0 Å². The van der Waals surface area contributed by atoms with Crippen molar-refractivity contribution in [1.82, 2.24) is 29.9 Å². The van der Waals surface area contributed by atoms with Crippen LogP contribution in [0.15, 0.2) is 125 Å². The number of aromatic nitrogens is 6. The summed E-state index contributed by atoms with van der Waals surface area (Å²) in [5.74, 6) is -1.25. The number of thiophene rings is 2. The van der Waals surface area contributed by atoms with Crippen molar-refractivity contribution < 1.29 is 23.5 Å². The molecule has 8 heterocycles. The van der Waals surface area contributed by atoms with Gasteiger partial charge in [-0.25, -0.2) is 4.79 Å². The highest BCUT2D eigenvalue weighted by Crippen LogP contribution is 2.25. The molecular weight excluding hydrogens is 947 g/mol. The van der Waals surface area contributed by atoms with Crippen LogP contribution >= 0.6 is 77.7 Å². The number of H-pyrrole nitrogens is 3. The molecule has 0 unspecified atom stereocenters. The molecule has 0 atom stereocenters. The fraction of sp³-hybridized carbons (Fsp3) is 0.105. The second kappa shape index (κ2) is 19.4. The Hall–Kier alpha value is -5.04. The van der Waals surface area contributed by atoms with Gasteiger partial charge in [0.05, 0.1) is 52.7 Å². The fourth-order valence-corrected chi connectivity index (χ4v) is 7.76. The molecule has 0 saturated carbocycles. The maximum Gasteiger partial charge on any atom is 0.338 e. The van der Waals surface area contributed by atoms with Gasteiger partial charge in [0, 0.05) is 21.1 Å². The van der Waals surface area contributed by atoms with Gasteiger partial charge in [-0.15, -0.1) is 22.7 Å². The van der Waals surface area contributed by atoms with Gasteiger partial charge in [0.15, 0.2) is 0 Å². The Morgan fingerprint density at radius 1 is 0.719 bits per heavy atom. The van der Waals surface area contributed by atoms with Crippen LogP contribution in [-0.4, -0.2) is 46.9 Å². The average molecular weight is 976 g/mol. The number of carboxylic acids is 1. The van der Waals surface area contributed by atoms with Crippen molar-refractivity contribution in [3.63, 3.8) is 0 Å². The van der Waals surface area contributed by atoms with Gasteiger partial charge in [0.2, 0.25) is 0 Å². The summed E-state index contributed by atoms with van der Waals surface area (Å²) in [5, 5.41) is 19.9. The summed E-state index contributed by atoms with van der Waals surface area (Å²) in [5.41, 5.74) is 4.40. The van der Waals surface area contributed by atoms with Crippen LogP contribution in [0.3, 0.4) is 0 Å². The number of aromatic carboxylic acids is 1. The lowest BCUT2D eigenvalue weighted by molar-refractivity contribution is 0.0695. The van der Waals surface area contributed by atoms with Crippen molar-refractivity contribution in [2.75, 3.05) is 0 Å². The molecule has 8 aromatic heterocycles. The molecule has 8 aromatic rings. The standard InChI is InChI=1S/C19H13BrClN3O3S.C14H11BrClN3OS.C5H4O3/c20-14-4-5-15(22-18(14)25)16-9-12(1-2-13-3-6-17(21)28-13)24(23-16)19(26)11-7-8-27-10-11;15-10-4-5-11(17-14(10)20)12-7-8(18-19-12)1-2-9-3-6-13(16)21-9;6-5(7)4-1-2-8-3-4/h3-10H,1-2H2,(H,22,25);3-7H,1-2H2,(H,17,20)(H,18,19);1-3H,(H,6,7). The lowest BCUT2D eigenvalue weighted by Crippen LogP contribution is -2.16. The van der Waals surface area contributed by atoms with E-state index < -0.39 is 5.97 Å². The molecule has 0 radical (unpaired) electrons. The minimum Gasteiger partial charge on any atom is -0.478 e. The van der Waals surface area contributed by atoms with Gasteiger partial charge < -0.3 is 23.9 Å². The van der Waals surface area contributed by atoms with E-state index in [-0.39, 0.29) is 22.6 Å². The normalized spacial score (nSPS) is 10.7. The van der Waals surface area contributed by atoms with Gasteiger partial charge in [0.25, 0.3) is 17.0 Å². The zero-order valence-corrected chi connectivity index (χ0v) is 35.4. The van der Waals surface area contributed by atoms with Gasteiger partial charge in [-0.1, -0.05) is 23.2 Å². The molecule has 0 aliphatic heterocycles. The number of rotatable bonds is 10. The topological polar surface area (TPSA) is 193 Å². The van der Waals surface area contributed by atoms with Crippen molar-refractivity contribution >= 4 is 89.6 Å². The number of carbonyl (C=O) groups excluding carboxylic acids is 1. The second-order valence-electron chi connectivity index (χ2n) is 11.9. The van der Waals surface area contributed by atoms with E-state index in [4.69, 9.17) is 32.7 Å². The maximum atomic E-state index is 12.9. The number of carboxylic acid groups (broad SMARTS) is 1. The van der Waals surface area contributed by atoms with Crippen LogP contribution < -0.4 is 11.1 Å². The Balaban J connectivity index is 0.000000166. The van der Waals surface area contributed by atoms with E-state index in [9.17, 15) is 19.2 Å². The third-order valence-corrected chi connectivity index (χ3v) is 11.8. The summed E-state index contributed by atoms with van der Waals surface area (Å²) in [6.45, 7) is 0. The molecular formula is C38H28Br2Cl2N6O7S2. The third-order valence-electron chi connectivity index (χ3n) is 7.94. The smallest absolute Gasteiger partial charge is 0.338 e. The molecule has 0 saturated heterocycles. The highest BCUT2D eigenvalue weighted by molar-refractivity contribution is 9.10. The molecule has 4 N–H and O–H groups in total. The Bertz CT molecular complexity index is 2710. The number of nitrogens with one attached hydrogen (secondary N) is 3. The van der Waals surface area contributed by atoms with E-state index in [2.05, 4.69) is 61.5 Å². The summed E-state index contributed by atoms with van der Waals surface area (Å²) >= 11 is 21.4. The molecule has 57 heavy (non-hydrogen) atoms. The van der Waals surface area contributed by atoms with Crippen LogP contribution in [0, 0.1) is 0 Å². The van der Waals surface area contributed by atoms with Crippen molar-refractivity contribution in [2.24, 2.45) is 0 Å². The summed E-state index contributed by atoms with van der Waals surface area (Å²) < 4.78 is 13.4. The van der Waals surface area contributed by atoms with E-state index in [1.54, 1.807) is 35.6 Å². The number of halogens is 4. The summed E-state index contributed by atoms with van der Waals surface area (Å²) in [7, 11) is 0. The van der Waals surface area contributed by atoms with Crippen molar-refractivity contribution in [1.29, 1.82) is 0 Å². The van der Waals surface area contributed by atoms with Crippen LogP contribution in [-0.2, 0) is 25.7 Å². The largest absolute Gasteiger partial charge is 0.478 e.